The van der Waals surface area contributed by atoms with Crippen LogP contribution in [0.3, 0.4) is 0 Å². The zero-order chi connectivity index (χ0) is 25.4. The largest absolute Gasteiger partial charge is 0.385 e. The number of ketones is 1. The van der Waals surface area contributed by atoms with Crippen LogP contribution in [0.15, 0.2) is 63.9 Å². The first kappa shape index (κ1) is 24.6. The molecule has 7 nitrogen and oxygen atoms in total. The second-order valence-electron chi connectivity index (χ2n) is 8.79. The molecule has 0 saturated heterocycles. The van der Waals surface area contributed by atoms with Gasteiger partial charge in [0.05, 0.1) is 20.9 Å². The Labute approximate surface area is 215 Å². The van der Waals surface area contributed by atoms with Crippen molar-refractivity contribution >= 4 is 55.1 Å². The minimum absolute atomic E-state index is 0.0105. The molecule has 4 aromatic rings. The summed E-state index contributed by atoms with van der Waals surface area (Å²) in [5, 5.41) is 3.69. The van der Waals surface area contributed by atoms with Crippen molar-refractivity contribution in [3.63, 3.8) is 0 Å². The van der Waals surface area contributed by atoms with Crippen molar-refractivity contribution in [2.75, 3.05) is 17.6 Å². The quantitative estimate of drug-likeness (QED) is 0.329. The topological polar surface area (TPSA) is 98.1 Å². The van der Waals surface area contributed by atoms with E-state index in [0.717, 1.165) is 34.2 Å². The van der Waals surface area contributed by atoms with Crippen LogP contribution >= 0.6 is 22.9 Å². The number of benzene rings is 2. The molecule has 1 saturated carbocycles. The van der Waals surface area contributed by atoms with Gasteiger partial charge in [-0.1, -0.05) is 17.7 Å². The lowest BCUT2D eigenvalue weighted by Crippen LogP contribution is -2.20. The predicted molar refractivity (Wildman–Crippen MR) is 139 cm³/mol. The van der Waals surface area contributed by atoms with Crippen LogP contribution in [0.25, 0.3) is 16.6 Å². The molecule has 2 heterocycles. The number of carbonyl (C=O) groups excluding carboxylic acids is 1. The van der Waals surface area contributed by atoms with E-state index >= 15 is 0 Å². The lowest BCUT2D eigenvalue weighted by molar-refractivity contribution is -0.116. The van der Waals surface area contributed by atoms with Crippen LogP contribution in [-0.4, -0.2) is 36.0 Å². The number of nitrogens with one attached hydrogen (secondary N) is 1. The zero-order valence-corrected chi connectivity index (χ0v) is 21.3. The number of aromatic nitrogens is 2. The minimum atomic E-state index is -3.82. The monoisotopic (exact) mass is 545 g/mol. The summed E-state index contributed by atoms with van der Waals surface area (Å²) in [7, 11) is -3.82. The van der Waals surface area contributed by atoms with Crippen molar-refractivity contribution in [2.45, 2.75) is 23.5 Å². The molecule has 2 aromatic carbocycles. The SMILES string of the molecule is O=C(Cc1ccc(-n2cnc3cc(NCC4CC4)ccc3c2=O)c(F)c1)CS(=O)(=O)c1ccc(Cl)s1. The number of carbonyl (C=O) groups is 1. The fourth-order valence-electron chi connectivity index (χ4n) is 3.87. The summed E-state index contributed by atoms with van der Waals surface area (Å²) >= 11 is 6.66. The molecule has 0 amide bonds. The molecule has 0 aliphatic heterocycles. The summed E-state index contributed by atoms with van der Waals surface area (Å²) < 4.78 is 41.2. The third kappa shape index (κ3) is 5.35. The van der Waals surface area contributed by atoms with Gasteiger partial charge in [-0.2, -0.15) is 0 Å². The second-order valence-corrected chi connectivity index (χ2v) is 12.7. The Morgan fingerprint density at radius 2 is 1.97 bits per heavy atom. The Morgan fingerprint density at radius 1 is 1.17 bits per heavy atom. The number of Topliss-reactive ketones (excluding diaryl/α,β-unsaturated/α-hetero) is 1. The molecule has 5 rings (SSSR count). The van der Waals surface area contributed by atoms with E-state index in [1.165, 1.54) is 43.4 Å². The molecule has 0 bridgehead atoms. The molecule has 2 aromatic heterocycles. The first-order valence-electron chi connectivity index (χ1n) is 11.2. The van der Waals surface area contributed by atoms with Gasteiger partial charge in [0.15, 0.2) is 15.6 Å². The molecular weight excluding hydrogens is 525 g/mol. The minimum Gasteiger partial charge on any atom is -0.385 e. The molecule has 1 N–H and O–H groups in total. The van der Waals surface area contributed by atoms with Crippen LogP contribution in [0.4, 0.5) is 10.1 Å². The van der Waals surface area contributed by atoms with Gasteiger partial charge in [0, 0.05) is 18.7 Å². The van der Waals surface area contributed by atoms with Gasteiger partial charge in [0.1, 0.15) is 22.1 Å². The highest BCUT2D eigenvalue weighted by molar-refractivity contribution is 7.94. The van der Waals surface area contributed by atoms with E-state index in [4.69, 9.17) is 11.6 Å². The van der Waals surface area contributed by atoms with Crippen molar-refractivity contribution in [3.05, 3.63) is 80.9 Å². The molecule has 1 aliphatic rings. The smallest absolute Gasteiger partial charge is 0.265 e. The number of fused-ring (bicyclic) bond motifs is 1. The Hall–Kier alpha value is -3.08. The normalized spacial score (nSPS) is 13.7. The summed E-state index contributed by atoms with van der Waals surface area (Å²) in [4.78, 5) is 29.8. The van der Waals surface area contributed by atoms with E-state index in [0.29, 0.717) is 26.7 Å². The first-order chi connectivity index (χ1) is 17.2. The number of halogens is 2. The van der Waals surface area contributed by atoms with Gasteiger partial charge in [0.2, 0.25) is 0 Å². The third-order valence-corrected chi connectivity index (χ3v) is 9.42. The molecule has 0 radical (unpaired) electrons. The number of thiophene rings is 1. The maximum atomic E-state index is 15.0. The van der Waals surface area contributed by atoms with Crippen molar-refractivity contribution in [2.24, 2.45) is 5.92 Å². The number of nitrogens with zero attached hydrogens (tertiary/aromatic N) is 2. The van der Waals surface area contributed by atoms with Crippen molar-refractivity contribution < 1.29 is 17.6 Å². The number of sulfone groups is 1. The van der Waals surface area contributed by atoms with Gasteiger partial charge in [-0.15, -0.1) is 11.3 Å². The molecule has 36 heavy (non-hydrogen) atoms. The number of rotatable bonds is 9. The van der Waals surface area contributed by atoms with E-state index in [2.05, 4.69) is 10.3 Å². The number of hydrogen-bond acceptors (Lipinski definition) is 7. The van der Waals surface area contributed by atoms with Gasteiger partial charge >= 0.3 is 0 Å². The van der Waals surface area contributed by atoms with E-state index < -0.39 is 32.7 Å². The Balaban J connectivity index is 1.33. The summed E-state index contributed by atoms with van der Waals surface area (Å²) in [5.41, 5.74) is 1.25. The zero-order valence-electron chi connectivity index (χ0n) is 18.9. The molecule has 1 aliphatic carbocycles. The van der Waals surface area contributed by atoms with Crippen LogP contribution in [0.1, 0.15) is 18.4 Å². The fraction of sp³-hybridized carbons (Fsp3) is 0.240. The van der Waals surface area contributed by atoms with Gasteiger partial charge in [-0.25, -0.2) is 17.8 Å². The van der Waals surface area contributed by atoms with Gasteiger partial charge in [-0.05, 0) is 66.8 Å². The molecular formula is C25H21ClFN3O4S2. The highest BCUT2D eigenvalue weighted by atomic mass is 35.5. The van der Waals surface area contributed by atoms with Crippen molar-refractivity contribution in [1.29, 1.82) is 0 Å². The number of hydrogen-bond donors (Lipinski definition) is 1. The Kier molecular flexibility index (Phi) is 6.67. The van der Waals surface area contributed by atoms with Crippen molar-refractivity contribution in [1.82, 2.24) is 9.55 Å². The summed E-state index contributed by atoms with van der Waals surface area (Å²) in [6.45, 7) is 0.886. The van der Waals surface area contributed by atoms with E-state index in [1.807, 2.05) is 0 Å². The lowest BCUT2D eigenvalue weighted by Gasteiger charge is -2.11. The maximum absolute atomic E-state index is 15.0. The van der Waals surface area contributed by atoms with E-state index in [-0.39, 0.29) is 16.3 Å². The van der Waals surface area contributed by atoms with E-state index in [9.17, 15) is 22.4 Å². The molecule has 0 unspecified atom stereocenters. The average molecular weight is 546 g/mol. The number of anilines is 1. The highest BCUT2D eigenvalue weighted by Gasteiger charge is 2.22. The molecule has 186 valence electrons. The lowest BCUT2D eigenvalue weighted by atomic mass is 10.1. The van der Waals surface area contributed by atoms with Crippen molar-refractivity contribution in [3.8, 4) is 5.69 Å². The fourth-order valence-corrected chi connectivity index (χ4v) is 6.68. The summed E-state index contributed by atoms with van der Waals surface area (Å²) in [5.74, 6) is -1.31. The maximum Gasteiger partial charge on any atom is 0.265 e. The van der Waals surface area contributed by atoms with Crippen LogP contribution in [0, 0.1) is 11.7 Å². The molecule has 0 atom stereocenters. The molecule has 11 heteroatoms. The van der Waals surface area contributed by atoms with Crippen LogP contribution < -0.4 is 10.9 Å². The van der Waals surface area contributed by atoms with Gasteiger partial charge in [-0.3, -0.25) is 14.2 Å². The van der Waals surface area contributed by atoms with Gasteiger partial charge < -0.3 is 5.32 Å². The molecule has 1 fully saturated rings. The Morgan fingerprint density at radius 3 is 2.67 bits per heavy atom. The first-order valence-corrected chi connectivity index (χ1v) is 14.1. The summed E-state index contributed by atoms with van der Waals surface area (Å²) in [6.07, 6.45) is 3.46. The molecule has 0 spiro atoms. The Bertz CT molecular complexity index is 1640. The predicted octanol–water partition coefficient (Wildman–Crippen LogP) is 4.65. The van der Waals surface area contributed by atoms with Gasteiger partial charge in [0.25, 0.3) is 5.56 Å². The standard InChI is InChI=1S/C25H21ClFN3O4S2/c26-23-7-8-24(35-23)36(33,34)13-18(31)9-16-3-6-22(20(27)10-16)30-14-29-21-11-17(28-12-15-1-2-15)4-5-19(21)25(30)32/h3-8,10-11,14-15,28H,1-2,9,12-13H2. The highest BCUT2D eigenvalue weighted by Crippen LogP contribution is 2.29. The van der Waals surface area contributed by atoms with Crippen LogP contribution in [0.2, 0.25) is 4.34 Å². The third-order valence-electron chi connectivity index (χ3n) is 5.93. The second kappa shape index (κ2) is 9.76. The van der Waals surface area contributed by atoms with E-state index in [1.54, 1.807) is 18.2 Å². The average Bonchev–Trinajstić information content (AvgIpc) is 3.55. The van der Waals surface area contributed by atoms with Crippen LogP contribution in [-0.2, 0) is 21.1 Å². The summed E-state index contributed by atoms with van der Waals surface area (Å²) in [6, 6.07) is 12.1. The van der Waals surface area contributed by atoms with Crippen LogP contribution in [0.5, 0.6) is 0 Å².